The summed E-state index contributed by atoms with van der Waals surface area (Å²) in [5.74, 6) is -0.665. The number of hydrogen-bond donors (Lipinski definition) is 1. The van der Waals surface area contributed by atoms with Gasteiger partial charge in [-0.3, -0.25) is 0 Å². The molecule has 2 aromatic carbocycles. The van der Waals surface area contributed by atoms with Crippen LogP contribution in [0.15, 0.2) is 42.5 Å². The van der Waals surface area contributed by atoms with Crippen LogP contribution in [-0.4, -0.2) is 5.11 Å². The number of rotatable bonds is 4. The van der Waals surface area contributed by atoms with Crippen LogP contribution in [0, 0.1) is 18.6 Å². The first-order valence-electron chi connectivity index (χ1n) is 6.68. The molecule has 0 saturated heterocycles. The minimum absolute atomic E-state index is 0.294. The third-order valence-corrected chi connectivity index (χ3v) is 3.73. The summed E-state index contributed by atoms with van der Waals surface area (Å²) in [5, 5.41) is 10.8. The van der Waals surface area contributed by atoms with E-state index in [0.29, 0.717) is 18.4 Å². The lowest BCUT2D eigenvalue weighted by Crippen LogP contribution is -2.28. The molecular formula is C17H18F2O. The Kier molecular flexibility index (Phi) is 4.19. The lowest BCUT2D eigenvalue weighted by molar-refractivity contribution is 0.0322. The zero-order valence-electron chi connectivity index (χ0n) is 11.7. The number of hydrogen-bond acceptors (Lipinski definition) is 1. The Hall–Kier alpha value is -1.74. The molecule has 0 saturated carbocycles. The molecule has 0 bridgehead atoms. The third-order valence-electron chi connectivity index (χ3n) is 3.73. The van der Waals surface area contributed by atoms with E-state index in [-0.39, 0.29) is 11.6 Å². The second-order valence-electron chi connectivity index (χ2n) is 5.14. The van der Waals surface area contributed by atoms with Gasteiger partial charge in [0.2, 0.25) is 0 Å². The molecule has 1 nitrogen and oxygen atoms in total. The second kappa shape index (κ2) is 5.71. The number of benzene rings is 2. The highest BCUT2D eigenvalue weighted by Crippen LogP contribution is 2.30. The fourth-order valence-electron chi connectivity index (χ4n) is 2.38. The maximum Gasteiger partial charge on any atom is 0.123 e. The molecule has 2 aromatic rings. The normalized spacial score (nSPS) is 14.1. The summed E-state index contributed by atoms with van der Waals surface area (Å²) in [6.07, 6.45) is 0.784. The lowest BCUT2D eigenvalue weighted by atomic mass is 9.84. The van der Waals surface area contributed by atoms with Crippen LogP contribution in [0.1, 0.15) is 30.0 Å². The Morgan fingerprint density at radius 1 is 1.05 bits per heavy atom. The van der Waals surface area contributed by atoms with Crippen molar-refractivity contribution < 1.29 is 13.9 Å². The Labute approximate surface area is 117 Å². The monoisotopic (exact) mass is 276 g/mol. The quantitative estimate of drug-likeness (QED) is 0.891. The fraction of sp³-hybridized carbons (Fsp3) is 0.294. The van der Waals surface area contributed by atoms with Gasteiger partial charge in [0.05, 0.1) is 5.60 Å². The highest BCUT2D eigenvalue weighted by molar-refractivity contribution is 5.32. The van der Waals surface area contributed by atoms with Crippen LogP contribution < -0.4 is 0 Å². The molecular weight excluding hydrogens is 258 g/mol. The summed E-state index contributed by atoms with van der Waals surface area (Å²) in [6, 6.07) is 10.5. The molecule has 0 amide bonds. The molecule has 0 spiro atoms. The molecule has 20 heavy (non-hydrogen) atoms. The first kappa shape index (κ1) is 14.7. The van der Waals surface area contributed by atoms with Crippen molar-refractivity contribution in [1.29, 1.82) is 0 Å². The van der Waals surface area contributed by atoms with E-state index in [1.54, 1.807) is 25.1 Å². The Morgan fingerprint density at radius 2 is 1.75 bits per heavy atom. The molecule has 0 radical (unpaired) electrons. The van der Waals surface area contributed by atoms with Crippen molar-refractivity contribution in [3.05, 3.63) is 70.8 Å². The van der Waals surface area contributed by atoms with Gasteiger partial charge in [-0.2, -0.15) is 0 Å². The predicted molar refractivity (Wildman–Crippen MR) is 75.4 cm³/mol. The van der Waals surface area contributed by atoms with Gasteiger partial charge in [0.1, 0.15) is 11.6 Å². The summed E-state index contributed by atoms with van der Waals surface area (Å²) in [7, 11) is 0. The standard InChI is InChI=1S/C17H18F2O/c1-3-17(20,14-5-4-6-15(18)10-14)11-13-7-8-16(19)9-12(13)2/h4-10,20H,3,11H2,1-2H3. The molecule has 3 heteroatoms. The van der Waals surface area contributed by atoms with Crippen LogP contribution in [0.4, 0.5) is 8.78 Å². The van der Waals surface area contributed by atoms with Crippen molar-refractivity contribution in [2.75, 3.05) is 0 Å². The van der Waals surface area contributed by atoms with Crippen LogP contribution in [0.3, 0.4) is 0 Å². The Morgan fingerprint density at radius 3 is 2.35 bits per heavy atom. The highest BCUT2D eigenvalue weighted by atomic mass is 19.1. The fourth-order valence-corrected chi connectivity index (χ4v) is 2.38. The molecule has 0 aliphatic heterocycles. The van der Waals surface area contributed by atoms with Crippen LogP contribution in [0.2, 0.25) is 0 Å². The number of aliphatic hydroxyl groups is 1. The SMILES string of the molecule is CCC(O)(Cc1ccc(F)cc1C)c1cccc(F)c1. The van der Waals surface area contributed by atoms with Crippen molar-refractivity contribution in [2.45, 2.75) is 32.3 Å². The first-order valence-corrected chi connectivity index (χ1v) is 6.68. The first-order chi connectivity index (χ1) is 9.44. The number of aryl methyl sites for hydroxylation is 1. The molecule has 106 valence electrons. The van der Waals surface area contributed by atoms with E-state index in [4.69, 9.17) is 0 Å². The van der Waals surface area contributed by atoms with Crippen LogP contribution in [0.5, 0.6) is 0 Å². The average molecular weight is 276 g/mol. The third kappa shape index (κ3) is 3.05. The van der Waals surface area contributed by atoms with Crippen molar-refractivity contribution >= 4 is 0 Å². The van der Waals surface area contributed by atoms with Crippen molar-refractivity contribution in [3.63, 3.8) is 0 Å². The van der Waals surface area contributed by atoms with E-state index < -0.39 is 5.60 Å². The summed E-state index contributed by atoms with van der Waals surface area (Å²) < 4.78 is 26.5. The molecule has 0 fully saturated rings. The minimum atomic E-state index is -1.15. The lowest BCUT2D eigenvalue weighted by Gasteiger charge is -2.28. The largest absolute Gasteiger partial charge is 0.385 e. The van der Waals surface area contributed by atoms with Gasteiger partial charge >= 0.3 is 0 Å². The van der Waals surface area contributed by atoms with Gasteiger partial charge in [0.15, 0.2) is 0 Å². The highest BCUT2D eigenvalue weighted by Gasteiger charge is 2.28. The Balaban J connectivity index is 2.36. The topological polar surface area (TPSA) is 20.2 Å². The summed E-state index contributed by atoms with van der Waals surface area (Å²) in [6.45, 7) is 3.66. The van der Waals surface area contributed by atoms with Gasteiger partial charge in [0.25, 0.3) is 0 Å². The van der Waals surface area contributed by atoms with Gasteiger partial charge in [-0.15, -0.1) is 0 Å². The van der Waals surface area contributed by atoms with Gasteiger partial charge < -0.3 is 5.11 Å². The second-order valence-corrected chi connectivity index (χ2v) is 5.14. The van der Waals surface area contributed by atoms with Crippen molar-refractivity contribution in [2.24, 2.45) is 0 Å². The van der Waals surface area contributed by atoms with E-state index in [1.807, 2.05) is 6.92 Å². The molecule has 0 heterocycles. The van der Waals surface area contributed by atoms with Gasteiger partial charge in [-0.1, -0.05) is 25.1 Å². The van der Waals surface area contributed by atoms with Crippen LogP contribution in [0.25, 0.3) is 0 Å². The number of halogens is 2. The van der Waals surface area contributed by atoms with Gasteiger partial charge in [-0.05, 0) is 54.3 Å². The van der Waals surface area contributed by atoms with E-state index >= 15 is 0 Å². The molecule has 1 unspecified atom stereocenters. The zero-order valence-corrected chi connectivity index (χ0v) is 11.7. The Bertz CT molecular complexity index is 610. The molecule has 2 rings (SSSR count). The predicted octanol–water partition coefficient (Wildman–Crippen LogP) is 4.11. The van der Waals surface area contributed by atoms with E-state index in [0.717, 1.165) is 11.1 Å². The summed E-state index contributed by atoms with van der Waals surface area (Å²) in [4.78, 5) is 0. The molecule has 0 aliphatic rings. The minimum Gasteiger partial charge on any atom is -0.385 e. The summed E-state index contributed by atoms with van der Waals surface area (Å²) in [5.41, 5.74) is 1.04. The molecule has 1 atom stereocenters. The van der Waals surface area contributed by atoms with Gasteiger partial charge in [-0.25, -0.2) is 8.78 Å². The van der Waals surface area contributed by atoms with Crippen molar-refractivity contribution in [3.8, 4) is 0 Å². The molecule has 1 N–H and O–H groups in total. The van der Waals surface area contributed by atoms with E-state index in [1.165, 1.54) is 24.3 Å². The maximum atomic E-state index is 13.3. The average Bonchev–Trinajstić information content (AvgIpc) is 2.42. The van der Waals surface area contributed by atoms with Crippen LogP contribution >= 0.6 is 0 Å². The molecule has 0 aromatic heterocycles. The summed E-state index contributed by atoms with van der Waals surface area (Å²) >= 11 is 0. The van der Waals surface area contributed by atoms with E-state index in [2.05, 4.69) is 0 Å². The van der Waals surface area contributed by atoms with E-state index in [9.17, 15) is 13.9 Å². The molecule has 0 aliphatic carbocycles. The van der Waals surface area contributed by atoms with Gasteiger partial charge in [0, 0.05) is 6.42 Å². The smallest absolute Gasteiger partial charge is 0.123 e. The maximum absolute atomic E-state index is 13.3. The zero-order chi connectivity index (χ0) is 14.8. The van der Waals surface area contributed by atoms with Crippen LogP contribution in [-0.2, 0) is 12.0 Å². The van der Waals surface area contributed by atoms with Crippen molar-refractivity contribution in [1.82, 2.24) is 0 Å².